The van der Waals surface area contributed by atoms with E-state index in [-0.39, 0.29) is 6.61 Å². The lowest BCUT2D eigenvalue weighted by atomic mass is 10.2. The van der Waals surface area contributed by atoms with E-state index >= 15 is 0 Å². The molecule has 22 heavy (non-hydrogen) atoms. The summed E-state index contributed by atoms with van der Waals surface area (Å²) >= 11 is 0. The van der Waals surface area contributed by atoms with E-state index < -0.39 is 6.09 Å². The van der Waals surface area contributed by atoms with Crippen LogP contribution in [-0.2, 0) is 11.3 Å². The Hall–Kier alpha value is -3.25. The molecule has 0 saturated carbocycles. The minimum atomic E-state index is -0.480. The second-order valence-corrected chi connectivity index (χ2v) is 4.31. The Morgan fingerprint density at radius 2 is 2.18 bits per heavy atom. The quantitative estimate of drug-likeness (QED) is 0.666. The van der Waals surface area contributed by atoms with Crippen molar-refractivity contribution >= 4 is 6.09 Å². The molecular formula is C16H14N4O2. The van der Waals surface area contributed by atoms with E-state index in [1.807, 2.05) is 36.4 Å². The molecule has 1 aromatic carbocycles. The number of rotatable bonds is 4. The largest absolute Gasteiger partial charge is 0.445 e. The summed E-state index contributed by atoms with van der Waals surface area (Å²) in [5.41, 5.74) is 1.82. The monoisotopic (exact) mass is 294 g/mol. The molecule has 0 unspecified atom stereocenters. The molecule has 1 aromatic heterocycles. The van der Waals surface area contributed by atoms with Gasteiger partial charge in [-0.3, -0.25) is 5.10 Å². The summed E-state index contributed by atoms with van der Waals surface area (Å²) in [6.07, 6.45) is 1.47. The van der Waals surface area contributed by atoms with E-state index in [1.54, 1.807) is 0 Å². The van der Waals surface area contributed by atoms with Crippen LogP contribution in [0, 0.1) is 23.2 Å². The van der Waals surface area contributed by atoms with Crippen molar-refractivity contribution in [1.29, 1.82) is 5.26 Å². The predicted molar refractivity (Wildman–Crippen MR) is 79.4 cm³/mol. The Morgan fingerprint density at radius 3 is 2.95 bits per heavy atom. The first-order valence-electron chi connectivity index (χ1n) is 6.66. The van der Waals surface area contributed by atoms with Gasteiger partial charge in [-0.1, -0.05) is 42.2 Å². The standard InChI is InChI=1S/C16H14N4O2/c17-10-15-14(11-19-20-15)8-4-5-9-18-16(21)22-12-13-6-2-1-3-7-13/h1-3,6-7,11H,5,9,12H2,(H,18,21)(H,19,20). The molecule has 6 heteroatoms. The number of aromatic amines is 1. The van der Waals surface area contributed by atoms with Crippen molar-refractivity contribution in [3.8, 4) is 17.9 Å². The van der Waals surface area contributed by atoms with Crippen molar-refractivity contribution in [2.24, 2.45) is 0 Å². The van der Waals surface area contributed by atoms with Gasteiger partial charge in [-0.25, -0.2) is 4.79 Å². The summed E-state index contributed by atoms with van der Waals surface area (Å²) in [7, 11) is 0. The number of benzene rings is 1. The molecule has 0 aliphatic rings. The average Bonchev–Trinajstić information content (AvgIpc) is 3.01. The molecule has 0 atom stereocenters. The molecular weight excluding hydrogens is 280 g/mol. The smallest absolute Gasteiger partial charge is 0.407 e. The summed E-state index contributed by atoms with van der Waals surface area (Å²) in [4.78, 5) is 11.5. The first-order chi connectivity index (χ1) is 10.8. The molecule has 1 heterocycles. The van der Waals surface area contributed by atoms with Crippen LogP contribution in [0.5, 0.6) is 0 Å². The van der Waals surface area contributed by atoms with Gasteiger partial charge < -0.3 is 10.1 Å². The Bertz CT molecular complexity index is 720. The van der Waals surface area contributed by atoms with Crippen LogP contribution in [0.2, 0.25) is 0 Å². The van der Waals surface area contributed by atoms with Crippen molar-refractivity contribution in [2.45, 2.75) is 13.0 Å². The molecule has 0 bridgehead atoms. The third-order valence-corrected chi connectivity index (χ3v) is 2.71. The lowest BCUT2D eigenvalue weighted by molar-refractivity contribution is 0.140. The highest BCUT2D eigenvalue weighted by atomic mass is 16.5. The van der Waals surface area contributed by atoms with E-state index in [0.717, 1.165) is 5.56 Å². The number of hydrogen-bond donors (Lipinski definition) is 2. The maximum Gasteiger partial charge on any atom is 0.407 e. The fraction of sp³-hybridized carbons (Fsp3) is 0.188. The highest BCUT2D eigenvalue weighted by molar-refractivity contribution is 5.67. The highest BCUT2D eigenvalue weighted by Crippen LogP contribution is 2.01. The number of nitrogens with zero attached hydrogens (tertiary/aromatic N) is 2. The third-order valence-electron chi connectivity index (χ3n) is 2.71. The summed E-state index contributed by atoms with van der Waals surface area (Å²) in [6.45, 7) is 0.610. The van der Waals surface area contributed by atoms with E-state index in [4.69, 9.17) is 10.00 Å². The second kappa shape index (κ2) is 8.13. The van der Waals surface area contributed by atoms with E-state index in [0.29, 0.717) is 24.2 Å². The highest BCUT2D eigenvalue weighted by Gasteiger charge is 2.01. The first kappa shape index (κ1) is 15.1. The van der Waals surface area contributed by atoms with Gasteiger partial charge in [0.1, 0.15) is 12.7 Å². The number of aromatic nitrogens is 2. The number of ether oxygens (including phenoxy) is 1. The number of H-pyrrole nitrogens is 1. The third kappa shape index (κ3) is 4.69. The van der Waals surface area contributed by atoms with Crippen LogP contribution < -0.4 is 5.32 Å². The number of nitrogens with one attached hydrogen (secondary N) is 2. The number of alkyl carbamates (subject to hydrolysis) is 1. The van der Waals surface area contributed by atoms with Gasteiger partial charge in [0.25, 0.3) is 0 Å². The van der Waals surface area contributed by atoms with Crippen molar-refractivity contribution < 1.29 is 9.53 Å². The van der Waals surface area contributed by atoms with Gasteiger partial charge >= 0.3 is 6.09 Å². The molecule has 0 aliphatic carbocycles. The fourth-order valence-corrected chi connectivity index (χ4v) is 1.63. The molecule has 0 aliphatic heterocycles. The van der Waals surface area contributed by atoms with Crippen LogP contribution >= 0.6 is 0 Å². The zero-order valence-corrected chi connectivity index (χ0v) is 11.8. The van der Waals surface area contributed by atoms with E-state index in [2.05, 4.69) is 27.4 Å². The summed E-state index contributed by atoms with van der Waals surface area (Å²) < 4.78 is 5.06. The van der Waals surface area contributed by atoms with Gasteiger partial charge in [0.15, 0.2) is 5.69 Å². The van der Waals surface area contributed by atoms with Gasteiger partial charge in [-0.2, -0.15) is 10.4 Å². The van der Waals surface area contributed by atoms with Gasteiger partial charge in [-0.15, -0.1) is 0 Å². The Balaban J connectivity index is 1.67. The number of amides is 1. The minimum absolute atomic E-state index is 0.235. The van der Waals surface area contributed by atoms with Gasteiger partial charge in [0.05, 0.1) is 11.8 Å². The molecule has 0 fully saturated rings. The fourth-order valence-electron chi connectivity index (χ4n) is 1.63. The Morgan fingerprint density at radius 1 is 1.36 bits per heavy atom. The zero-order chi connectivity index (χ0) is 15.6. The van der Waals surface area contributed by atoms with Crippen LogP contribution in [0.1, 0.15) is 23.2 Å². The minimum Gasteiger partial charge on any atom is -0.445 e. The maximum atomic E-state index is 11.5. The van der Waals surface area contributed by atoms with Crippen molar-refractivity contribution in [2.75, 3.05) is 6.54 Å². The number of carbonyl (C=O) groups excluding carboxylic acids is 1. The van der Waals surface area contributed by atoms with Gasteiger partial charge in [-0.05, 0) is 5.56 Å². The van der Waals surface area contributed by atoms with Crippen LogP contribution in [0.3, 0.4) is 0 Å². The Labute approximate surface area is 128 Å². The van der Waals surface area contributed by atoms with Gasteiger partial charge in [0.2, 0.25) is 0 Å². The summed E-state index contributed by atoms with van der Waals surface area (Å²) in [5, 5.41) is 17.7. The predicted octanol–water partition coefficient (Wildman–Crippen LogP) is 1.95. The maximum absolute atomic E-state index is 11.5. The van der Waals surface area contributed by atoms with Crippen LogP contribution in [0.25, 0.3) is 0 Å². The zero-order valence-electron chi connectivity index (χ0n) is 11.8. The van der Waals surface area contributed by atoms with Crippen LogP contribution in [-0.4, -0.2) is 22.8 Å². The number of carbonyl (C=O) groups is 1. The van der Waals surface area contributed by atoms with E-state index in [1.165, 1.54) is 6.20 Å². The normalized spacial score (nSPS) is 9.23. The van der Waals surface area contributed by atoms with Gasteiger partial charge in [0, 0.05) is 13.0 Å². The molecule has 6 nitrogen and oxygen atoms in total. The molecule has 0 spiro atoms. The summed E-state index contributed by atoms with van der Waals surface area (Å²) in [6, 6.07) is 11.4. The van der Waals surface area contributed by atoms with Crippen molar-refractivity contribution in [3.05, 3.63) is 53.3 Å². The first-order valence-corrected chi connectivity index (χ1v) is 6.66. The molecule has 2 aromatic rings. The lowest BCUT2D eigenvalue weighted by Crippen LogP contribution is -2.24. The molecule has 0 saturated heterocycles. The molecule has 1 amide bonds. The second-order valence-electron chi connectivity index (χ2n) is 4.31. The lowest BCUT2D eigenvalue weighted by Gasteiger charge is -2.05. The molecule has 2 rings (SSSR count). The van der Waals surface area contributed by atoms with E-state index in [9.17, 15) is 4.79 Å². The summed E-state index contributed by atoms with van der Waals surface area (Å²) in [5.74, 6) is 5.68. The SMILES string of the molecule is N#Cc1[nH]ncc1C#CCCNC(=O)OCc1ccccc1. The number of hydrogen-bond acceptors (Lipinski definition) is 4. The van der Waals surface area contributed by atoms with Crippen LogP contribution in [0.15, 0.2) is 36.5 Å². The topological polar surface area (TPSA) is 90.8 Å². The Kier molecular flexibility index (Phi) is 5.60. The molecule has 2 N–H and O–H groups in total. The van der Waals surface area contributed by atoms with Crippen molar-refractivity contribution in [1.82, 2.24) is 15.5 Å². The average molecular weight is 294 g/mol. The molecule has 110 valence electrons. The molecule has 0 radical (unpaired) electrons. The van der Waals surface area contributed by atoms with Crippen LogP contribution in [0.4, 0.5) is 4.79 Å². The number of nitriles is 1. The van der Waals surface area contributed by atoms with Crippen molar-refractivity contribution in [3.63, 3.8) is 0 Å².